The van der Waals surface area contributed by atoms with E-state index in [1.807, 2.05) is 13.0 Å². The number of hydrogen-bond donors (Lipinski definition) is 1. The molecule has 1 N–H and O–H groups in total. The van der Waals surface area contributed by atoms with Crippen LogP contribution in [0.3, 0.4) is 0 Å². The Morgan fingerprint density at radius 2 is 1.95 bits per heavy atom. The van der Waals surface area contributed by atoms with Crippen molar-refractivity contribution in [3.8, 4) is 11.5 Å². The highest BCUT2D eigenvalue weighted by Crippen LogP contribution is 2.29. The number of benzene rings is 1. The van der Waals surface area contributed by atoms with E-state index in [0.29, 0.717) is 12.6 Å². The molecule has 2 rings (SSSR count). The van der Waals surface area contributed by atoms with Crippen LogP contribution in [-0.4, -0.2) is 19.8 Å². The van der Waals surface area contributed by atoms with Gasteiger partial charge in [-0.25, -0.2) is 0 Å². The zero-order valence-corrected chi connectivity index (χ0v) is 13.7. The van der Waals surface area contributed by atoms with Gasteiger partial charge in [-0.1, -0.05) is 25.3 Å². The second-order valence-corrected chi connectivity index (χ2v) is 5.99. The molecule has 0 spiro atoms. The van der Waals surface area contributed by atoms with Gasteiger partial charge in [0.2, 0.25) is 0 Å². The molecule has 21 heavy (non-hydrogen) atoms. The van der Waals surface area contributed by atoms with Crippen molar-refractivity contribution in [2.24, 2.45) is 5.92 Å². The van der Waals surface area contributed by atoms with Gasteiger partial charge in [0.05, 0.1) is 13.7 Å². The summed E-state index contributed by atoms with van der Waals surface area (Å²) in [4.78, 5) is 0. The Bertz CT molecular complexity index is 427. The number of methoxy groups -OCH3 is 1. The molecule has 0 bridgehead atoms. The van der Waals surface area contributed by atoms with E-state index in [-0.39, 0.29) is 0 Å². The maximum Gasteiger partial charge on any atom is 0.161 e. The predicted octanol–water partition coefficient (Wildman–Crippen LogP) is 4.15. The van der Waals surface area contributed by atoms with Crippen LogP contribution in [-0.2, 0) is 6.54 Å². The van der Waals surface area contributed by atoms with Gasteiger partial charge in [-0.3, -0.25) is 0 Å². The summed E-state index contributed by atoms with van der Waals surface area (Å²) in [6.07, 6.45) is 6.96. The van der Waals surface area contributed by atoms with Gasteiger partial charge in [-0.15, -0.1) is 0 Å². The highest BCUT2D eigenvalue weighted by Gasteiger charge is 2.19. The van der Waals surface area contributed by atoms with Crippen molar-refractivity contribution < 1.29 is 9.47 Å². The average Bonchev–Trinajstić information content (AvgIpc) is 2.54. The molecule has 1 fully saturated rings. The number of rotatable bonds is 7. The van der Waals surface area contributed by atoms with E-state index in [9.17, 15) is 0 Å². The molecule has 1 aromatic rings. The van der Waals surface area contributed by atoms with E-state index in [4.69, 9.17) is 9.47 Å². The van der Waals surface area contributed by atoms with Crippen molar-refractivity contribution in [3.63, 3.8) is 0 Å². The van der Waals surface area contributed by atoms with Gasteiger partial charge in [-0.05, 0) is 50.3 Å². The molecule has 1 unspecified atom stereocenters. The highest BCUT2D eigenvalue weighted by atomic mass is 16.5. The fourth-order valence-corrected chi connectivity index (χ4v) is 3.18. The minimum Gasteiger partial charge on any atom is -0.493 e. The normalized spacial score (nSPS) is 17.5. The Balaban J connectivity index is 1.91. The van der Waals surface area contributed by atoms with Crippen LogP contribution in [0.1, 0.15) is 51.5 Å². The lowest BCUT2D eigenvalue weighted by molar-refractivity contribution is 0.280. The van der Waals surface area contributed by atoms with Crippen molar-refractivity contribution in [1.29, 1.82) is 0 Å². The first kappa shape index (κ1) is 16.2. The molecule has 1 aromatic carbocycles. The minimum atomic E-state index is 0.586. The summed E-state index contributed by atoms with van der Waals surface area (Å²) in [5.74, 6) is 2.48. The summed E-state index contributed by atoms with van der Waals surface area (Å²) >= 11 is 0. The summed E-state index contributed by atoms with van der Waals surface area (Å²) in [6, 6.07) is 6.78. The predicted molar refractivity (Wildman–Crippen MR) is 87.0 cm³/mol. The molecule has 0 aliphatic heterocycles. The molecule has 3 heteroatoms. The molecule has 0 radical (unpaired) electrons. The summed E-state index contributed by atoms with van der Waals surface area (Å²) in [6.45, 7) is 5.87. The second kappa shape index (κ2) is 8.28. The van der Waals surface area contributed by atoms with E-state index < -0.39 is 0 Å². The van der Waals surface area contributed by atoms with Gasteiger partial charge in [0.15, 0.2) is 11.5 Å². The van der Waals surface area contributed by atoms with Gasteiger partial charge < -0.3 is 14.8 Å². The van der Waals surface area contributed by atoms with Gasteiger partial charge >= 0.3 is 0 Å². The van der Waals surface area contributed by atoms with Crippen LogP contribution in [0, 0.1) is 5.92 Å². The van der Waals surface area contributed by atoms with Gasteiger partial charge in [0, 0.05) is 12.6 Å². The SMILES string of the molecule is CCOc1cc(CNC(C)C2CCCCC2)ccc1OC. The lowest BCUT2D eigenvalue weighted by Crippen LogP contribution is -2.34. The molecule has 0 aromatic heterocycles. The lowest BCUT2D eigenvalue weighted by Gasteiger charge is -2.28. The van der Waals surface area contributed by atoms with E-state index in [1.54, 1.807) is 7.11 Å². The highest BCUT2D eigenvalue weighted by molar-refractivity contribution is 5.42. The molecule has 1 aliphatic rings. The van der Waals surface area contributed by atoms with Crippen molar-refractivity contribution in [2.75, 3.05) is 13.7 Å². The quantitative estimate of drug-likeness (QED) is 0.818. The molecule has 3 nitrogen and oxygen atoms in total. The molecular formula is C18H29NO2. The summed E-state index contributed by atoms with van der Waals surface area (Å²) in [5, 5.41) is 3.68. The summed E-state index contributed by atoms with van der Waals surface area (Å²) in [7, 11) is 1.68. The van der Waals surface area contributed by atoms with Crippen LogP contribution in [0.15, 0.2) is 18.2 Å². The minimum absolute atomic E-state index is 0.586. The van der Waals surface area contributed by atoms with Crippen LogP contribution in [0.5, 0.6) is 11.5 Å². The van der Waals surface area contributed by atoms with Crippen LogP contribution in [0.25, 0.3) is 0 Å². The maximum atomic E-state index is 5.64. The Hall–Kier alpha value is -1.22. The smallest absolute Gasteiger partial charge is 0.161 e. The van der Waals surface area contributed by atoms with Gasteiger partial charge in [0.25, 0.3) is 0 Å². The maximum absolute atomic E-state index is 5.64. The van der Waals surface area contributed by atoms with Crippen molar-refractivity contribution >= 4 is 0 Å². The third-order valence-corrected chi connectivity index (χ3v) is 4.51. The lowest BCUT2D eigenvalue weighted by atomic mass is 9.84. The zero-order chi connectivity index (χ0) is 15.1. The van der Waals surface area contributed by atoms with Crippen molar-refractivity contribution in [3.05, 3.63) is 23.8 Å². The van der Waals surface area contributed by atoms with Crippen LogP contribution in [0.4, 0.5) is 0 Å². The average molecular weight is 291 g/mol. The van der Waals surface area contributed by atoms with E-state index >= 15 is 0 Å². The fourth-order valence-electron chi connectivity index (χ4n) is 3.18. The molecular weight excluding hydrogens is 262 g/mol. The monoisotopic (exact) mass is 291 g/mol. The van der Waals surface area contributed by atoms with E-state index in [2.05, 4.69) is 24.4 Å². The first-order valence-corrected chi connectivity index (χ1v) is 8.27. The number of nitrogens with one attached hydrogen (secondary N) is 1. The van der Waals surface area contributed by atoms with Crippen LogP contribution in [0.2, 0.25) is 0 Å². The summed E-state index contributed by atoms with van der Waals surface area (Å²) < 4.78 is 11.0. The third-order valence-electron chi connectivity index (χ3n) is 4.51. The Labute approximate surface area is 129 Å². The molecule has 0 amide bonds. The topological polar surface area (TPSA) is 30.5 Å². The van der Waals surface area contributed by atoms with Gasteiger partial charge in [-0.2, -0.15) is 0 Å². The molecule has 1 aliphatic carbocycles. The third kappa shape index (κ3) is 4.63. The number of hydrogen-bond acceptors (Lipinski definition) is 3. The van der Waals surface area contributed by atoms with Crippen LogP contribution < -0.4 is 14.8 Å². The molecule has 1 atom stereocenters. The van der Waals surface area contributed by atoms with Crippen molar-refractivity contribution in [1.82, 2.24) is 5.32 Å². The Kier molecular flexibility index (Phi) is 6.37. The number of ether oxygens (including phenoxy) is 2. The largest absolute Gasteiger partial charge is 0.493 e. The van der Waals surface area contributed by atoms with E-state index in [0.717, 1.165) is 24.0 Å². The zero-order valence-electron chi connectivity index (χ0n) is 13.7. The molecule has 0 heterocycles. The molecule has 1 saturated carbocycles. The second-order valence-electron chi connectivity index (χ2n) is 5.99. The molecule has 0 saturated heterocycles. The summed E-state index contributed by atoms with van der Waals surface area (Å²) in [5.41, 5.74) is 1.25. The first-order valence-electron chi connectivity index (χ1n) is 8.27. The fraction of sp³-hybridized carbons (Fsp3) is 0.667. The Morgan fingerprint density at radius 3 is 2.62 bits per heavy atom. The van der Waals surface area contributed by atoms with Gasteiger partial charge in [0.1, 0.15) is 0 Å². The van der Waals surface area contributed by atoms with Crippen molar-refractivity contribution in [2.45, 2.75) is 58.5 Å². The standard InChI is InChI=1S/C18H29NO2/c1-4-21-18-12-15(10-11-17(18)20-3)13-19-14(2)16-8-6-5-7-9-16/h10-12,14,16,19H,4-9,13H2,1-3H3. The van der Waals surface area contributed by atoms with Crippen LogP contribution >= 0.6 is 0 Å². The first-order chi connectivity index (χ1) is 10.2. The van der Waals surface area contributed by atoms with E-state index in [1.165, 1.54) is 37.7 Å². The Morgan fingerprint density at radius 1 is 1.19 bits per heavy atom. The molecule has 118 valence electrons.